The molecule has 0 N–H and O–H groups in total. The van der Waals surface area contributed by atoms with Crippen molar-refractivity contribution >= 4 is 9.84 Å². The summed E-state index contributed by atoms with van der Waals surface area (Å²) < 4.78 is 25.9. The predicted octanol–water partition coefficient (Wildman–Crippen LogP) is 4.26. The Morgan fingerprint density at radius 2 is 1.55 bits per heavy atom. The van der Waals surface area contributed by atoms with Crippen LogP contribution in [-0.2, 0) is 9.84 Å². The van der Waals surface area contributed by atoms with Gasteiger partial charge in [-0.3, -0.25) is 0 Å². The first-order chi connectivity index (χ1) is 9.34. The lowest BCUT2D eigenvalue weighted by atomic mass is 10.0. The lowest BCUT2D eigenvalue weighted by Crippen LogP contribution is -2.08. The molecule has 0 bridgehead atoms. The Morgan fingerprint density at radius 1 is 0.900 bits per heavy atom. The van der Waals surface area contributed by atoms with E-state index in [0.29, 0.717) is 9.79 Å². The smallest absolute Gasteiger partial charge is 0.207 e. The van der Waals surface area contributed by atoms with Crippen molar-refractivity contribution in [3.63, 3.8) is 0 Å². The highest BCUT2D eigenvalue weighted by atomic mass is 32.2. The molecular formula is C17H20O2S. The highest BCUT2D eigenvalue weighted by Gasteiger charge is 2.23. The SMILES string of the molecule is Cc1ccc(C(C)C)c(S(=O)(=O)c2ccccc2C)c1. The van der Waals surface area contributed by atoms with E-state index in [-0.39, 0.29) is 5.92 Å². The molecule has 0 aliphatic rings. The van der Waals surface area contributed by atoms with Crippen LogP contribution in [-0.4, -0.2) is 8.42 Å². The molecule has 0 aliphatic carbocycles. The topological polar surface area (TPSA) is 34.1 Å². The first-order valence-electron chi connectivity index (χ1n) is 6.75. The van der Waals surface area contributed by atoms with Crippen molar-refractivity contribution in [2.24, 2.45) is 0 Å². The van der Waals surface area contributed by atoms with Gasteiger partial charge in [-0.15, -0.1) is 0 Å². The maximum atomic E-state index is 12.9. The molecule has 2 rings (SSSR count). The maximum Gasteiger partial charge on any atom is 0.207 e. The highest BCUT2D eigenvalue weighted by Crippen LogP contribution is 2.31. The molecule has 0 amide bonds. The molecular weight excluding hydrogens is 268 g/mol. The lowest BCUT2D eigenvalue weighted by molar-refractivity contribution is 0.593. The van der Waals surface area contributed by atoms with Crippen LogP contribution in [0.2, 0.25) is 0 Å². The first kappa shape index (κ1) is 14.8. The predicted molar refractivity (Wildman–Crippen MR) is 81.9 cm³/mol. The standard InChI is InChI=1S/C17H20O2S/c1-12(2)15-10-9-13(3)11-17(15)20(18,19)16-8-6-5-7-14(16)4/h5-12H,1-4H3. The number of sulfone groups is 1. The molecule has 0 saturated heterocycles. The van der Waals surface area contributed by atoms with Gasteiger partial charge in [0, 0.05) is 0 Å². The highest BCUT2D eigenvalue weighted by molar-refractivity contribution is 7.91. The molecule has 0 saturated carbocycles. The van der Waals surface area contributed by atoms with Crippen LogP contribution in [0.15, 0.2) is 52.3 Å². The van der Waals surface area contributed by atoms with Gasteiger partial charge >= 0.3 is 0 Å². The maximum absolute atomic E-state index is 12.9. The Kier molecular flexibility index (Phi) is 4.00. The second-order valence-electron chi connectivity index (χ2n) is 5.46. The van der Waals surface area contributed by atoms with Crippen molar-refractivity contribution < 1.29 is 8.42 Å². The van der Waals surface area contributed by atoms with Crippen molar-refractivity contribution in [1.29, 1.82) is 0 Å². The van der Waals surface area contributed by atoms with Gasteiger partial charge in [-0.2, -0.15) is 0 Å². The van der Waals surface area contributed by atoms with E-state index in [4.69, 9.17) is 0 Å². The van der Waals surface area contributed by atoms with E-state index < -0.39 is 9.84 Å². The van der Waals surface area contributed by atoms with Gasteiger partial charge in [0.2, 0.25) is 9.84 Å². The van der Waals surface area contributed by atoms with E-state index in [1.165, 1.54) is 0 Å². The Labute approximate surface area is 121 Å². The summed E-state index contributed by atoms with van der Waals surface area (Å²) >= 11 is 0. The summed E-state index contributed by atoms with van der Waals surface area (Å²) in [5.74, 6) is 0.171. The van der Waals surface area contributed by atoms with Gasteiger partial charge in [-0.25, -0.2) is 8.42 Å². The fraction of sp³-hybridized carbons (Fsp3) is 0.294. The quantitative estimate of drug-likeness (QED) is 0.845. The zero-order valence-corrected chi connectivity index (χ0v) is 13.2. The third kappa shape index (κ3) is 2.63. The Bertz CT molecular complexity index is 728. The minimum atomic E-state index is -3.47. The molecule has 0 heterocycles. The molecule has 0 aromatic heterocycles. The molecule has 0 fully saturated rings. The average Bonchev–Trinajstić information content (AvgIpc) is 2.38. The van der Waals surface area contributed by atoms with Crippen molar-refractivity contribution in [3.8, 4) is 0 Å². The summed E-state index contributed by atoms with van der Waals surface area (Å²) in [5, 5.41) is 0. The number of hydrogen-bond donors (Lipinski definition) is 0. The van der Waals surface area contributed by atoms with E-state index in [2.05, 4.69) is 0 Å². The summed E-state index contributed by atoms with van der Waals surface area (Å²) in [4.78, 5) is 0.828. The molecule has 0 radical (unpaired) electrons. The minimum absolute atomic E-state index is 0.171. The first-order valence-corrected chi connectivity index (χ1v) is 8.23. The van der Waals surface area contributed by atoms with Gasteiger partial charge in [-0.05, 0) is 48.6 Å². The lowest BCUT2D eigenvalue weighted by Gasteiger charge is -2.15. The summed E-state index contributed by atoms with van der Waals surface area (Å²) in [6.45, 7) is 7.78. The Hall–Kier alpha value is -1.61. The molecule has 106 valence electrons. The third-order valence-corrected chi connectivity index (χ3v) is 5.43. The van der Waals surface area contributed by atoms with Crippen molar-refractivity contribution in [1.82, 2.24) is 0 Å². The molecule has 3 heteroatoms. The zero-order chi connectivity index (χ0) is 14.9. The molecule has 20 heavy (non-hydrogen) atoms. The average molecular weight is 288 g/mol. The van der Waals surface area contributed by atoms with Gasteiger partial charge in [0.25, 0.3) is 0 Å². The van der Waals surface area contributed by atoms with Crippen molar-refractivity contribution in [2.75, 3.05) is 0 Å². The normalized spacial score (nSPS) is 11.8. The van der Waals surface area contributed by atoms with Crippen LogP contribution in [0.4, 0.5) is 0 Å². The minimum Gasteiger partial charge on any atom is -0.218 e. The van der Waals surface area contributed by atoms with Crippen LogP contribution < -0.4 is 0 Å². The summed E-state index contributed by atoms with van der Waals surface area (Å²) in [6, 6.07) is 12.8. The van der Waals surface area contributed by atoms with Crippen LogP contribution in [0.3, 0.4) is 0 Å². The Balaban J connectivity index is 2.73. The van der Waals surface area contributed by atoms with E-state index >= 15 is 0 Å². The molecule has 0 unspecified atom stereocenters. The van der Waals surface area contributed by atoms with Crippen molar-refractivity contribution in [2.45, 2.75) is 43.4 Å². The van der Waals surface area contributed by atoms with E-state index in [1.54, 1.807) is 18.2 Å². The van der Waals surface area contributed by atoms with E-state index in [0.717, 1.165) is 16.7 Å². The van der Waals surface area contributed by atoms with Crippen LogP contribution in [0.25, 0.3) is 0 Å². The number of benzene rings is 2. The van der Waals surface area contributed by atoms with Crippen LogP contribution in [0.5, 0.6) is 0 Å². The van der Waals surface area contributed by atoms with Crippen LogP contribution in [0, 0.1) is 13.8 Å². The van der Waals surface area contributed by atoms with E-state index in [1.807, 2.05) is 52.0 Å². The van der Waals surface area contributed by atoms with Gasteiger partial charge in [-0.1, -0.05) is 44.2 Å². The molecule has 0 spiro atoms. The zero-order valence-electron chi connectivity index (χ0n) is 12.3. The monoisotopic (exact) mass is 288 g/mol. The molecule has 0 aliphatic heterocycles. The summed E-state index contributed by atoms with van der Waals surface area (Å²) in [5.41, 5.74) is 2.61. The second-order valence-corrected chi connectivity index (χ2v) is 7.35. The van der Waals surface area contributed by atoms with E-state index in [9.17, 15) is 8.42 Å². The van der Waals surface area contributed by atoms with Gasteiger partial charge in [0.1, 0.15) is 0 Å². The van der Waals surface area contributed by atoms with Crippen LogP contribution >= 0.6 is 0 Å². The summed E-state index contributed by atoms with van der Waals surface area (Å²) in [6.07, 6.45) is 0. The third-order valence-electron chi connectivity index (χ3n) is 3.46. The number of aryl methyl sites for hydroxylation is 2. The molecule has 0 atom stereocenters. The number of hydrogen-bond acceptors (Lipinski definition) is 2. The molecule has 2 aromatic rings. The Morgan fingerprint density at radius 3 is 2.15 bits per heavy atom. The largest absolute Gasteiger partial charge is 0.218 e. The fourth-order valence-electron chi connectivity index (χ4n) is 2.33. The fourth-order valence-corrected chi connectivity index (χ4v) is 4.27. The summed E-state index contributed by atoms with van der Waals surface area (Å²) in [7, 11) is -3.47. The molecule has 2 nitrogen and oxygen atoms in total. The van der Waals surface area contributed by atoms with Gasteiger partial charge < -0.3 is 0 Å². The second kappa shape index (κ2) is 5.41. The van der Waals surface area contributed by atoms with Gasteiger partial charge in [0.05, 0.1) is 9.79 Å². The van der Waals surface area contributed by atoms with Crippen molar-refractivity contribution in [3.05, 3.63) is 59.2 Å². The van der Waals surface area contributed by atoms with Gasteiger partial charge in [0.15, 0.2) is 0 Å². The molecule has 2 aromatic carbocycles. The van der Waals surface area contributed by atoms with Crippen LogP contribution in [0.1, 0.15) is 36.5 Å². The number of rotatable bonds is 3.